The first-order chi connectivity index (χ1) is 8.55. The number of anilines is 1. The normalized spacial score (nSPS) is 21.3. The Balaban J connectivity index is 2.21. The lowest BCUT2D eigenvalue weighted by molar-refractivity contribution is 0.259. The van der Waals surface area contributed by atoms with Crippen LogP contribution in [0.5, 0.6) is 0 Å². The summed E-state index contributed by atoms with van der Waals surface area (Å²) in [4.78, 5) is 0.176. The van der Waals surface area contributed by atoms with Crippen LogP contribution in [0.1, 0.15) is 12.8 Å². The number of nitrogen functional groups attached to an aromatic ring is 1. The van der Waals surface area contributed by atoms with Crippen LogP contribution in [0, 0.1) is 5.92 Å². The Kier molecular flexibility index (Phi) is 3.89. The minimum atomic E-state index is -3.49. The summed E-state index contributed by atoms with van der Waals surface area (Å²) in [7, 11) is -3.49. The third kappa shape index (κ3) is 2.50. The van der Waals surface area contributed by atoms with Crippen LogP contribution in [0.25, 0.3) is 0 Å². The van der Waals surface area contributed by atoms with Gasteiger partial charge in [-0.3, -0.25) is 0 Å². The lowest BCUT2D eigenvalue weighted by Gasteiger charge is -2.17. The molecule has 5 nitrogen and oxygen atoms in total. The maximum absolute atomic E-state index is 12.4. The molecule has 0 amide bonds. The molecule has 2 rings (SSSR count). The molecule has 1 saturated heterocycles. The minimum Gasteiger partial charge on any atom is -0.398 e. The summed E-state index contributed by atoms with van der Waals surface area (Å²) >= 11 is 0. The predicted molar refractivity (Wildman–Crippen MR) is 69.4 cm³/mol. The van der Waals surface area contributed by atoms with Crippen LogP contribution in [0.2, 0.25) is 0 Å². The SMILES string of the molecule is Nc1ccccc1S(=O)(=O)N1CCC(CCO)C1. The summed E-state index contributed by atoms with van der Waals surface area (Å²) in [6, 6.07) is 6.51. The number of aliphatic hydroxyl groups is 1. The number of hydrogen-bond donors (Lipinski definition) is 2. The molecule has 0 aliphatic carbocycles. The number of aliphatic hydroxyl groups excluding tert-OH is 1. The fourth-order valence-electron chi connectivity index (χ4n) is 2.29. The standard InChI is InChI=1S/C12H18N2O3S/c13-11-3-1-2-4-12(11)18(16,17)14-7-5-10(9-14)6-8-15/h1-4,10,15H,5-9,13H2. The Labute approximate surface area is 107 Å². The van der Waals surface area contributed by atoms with Gasteiger partial charge < -0.3 is 10.8 Å². The monoisotopic (exact) mass is 270 g/mol. The molecule has 18 heavy (non-hydrogen) atoms. The van der Waals surface area contributed by atoms with Gasteiger partial charge in [0.2, 0.25) is 10.0 Å². The Bertz CT molecular complexity index is 516. The van der Waals surface area contributed by atoms with Gasteiger partial charge in [0.25, 0.3) is 0 Å². The molecular weight excluding hydrogens is 252 g/mol. The molecular formula is C12H18N2O3S. The van der Waals surface area contributed by atoms with Crippen molar-refractivity contribution in [1.29, 1.82) is 0 Å². The third-order valence-electron chi connectivity index (χ3n) is 3.32. The van der Waals surface area contributed by atoms with Gasteiger partial charge in [-0.25, -0.2) is 8.42 Å². The van der Waals surface area contributed by atoms with E-state index in [1.807, 2.05) is 0 Å². The molecule has 1 aliphatic heterocycles. The number of hydrogen-bond acceptors (Lipinski definition) is 4. The van der Waals surface area contributed by atoms with Crippen LogP contribution in [0.4, 0.5) is 5.69 Å². The highest BCUT2D eigenvalue weighted by molar-refractivity contribution is 7.89. The van der Waals surface area contributed by atoms with Gasteiger partial charge in [0.15, 0.2) is 0 Å². The fraction of sp³-hybridized carbons (Fsp3) is 0.500. The summed E-state index contributed by atoms with van der Waals surface area (Å²) in [5.74, 6) is 0.245. The van der Waals surface area contributed by atoms with Gasteiger partial charge >= 0.3 is 0 Å². The van der Waals surface area contributed by atoms with E-state index >= 15 is 0 Å². The average molecular weight is 270 g/mol. The second kappa shape index (κ2) is 5.26. The molecule has 1 heterocycles. The summed E-state index contributed by atoms with van der Waals surface area (Å²) < 4.78 is 26.2. The first-order valence-corrected chi connectivity index (χ1v) is 7.45. The van der Waals surface area contributed by atoms with Crippen LogP contribution in [-0.2, 0) is 10.0 Å². The van der Waals surface area contributed by atoms with E-state index in [2.05, 4.69) is 0 Å². The molecule has 0 saturated carbocycles. The van der Waals surface area contributed by atoms with E-state index in [9.17, 15) is 8.42 Å². The van der Waals surface area contributed by atoms with Crippen molar-refractivity contribution in [2.75, 3.05) is 25.4 Å². The zero-order valence-electron chi connectivity index (χ0n) is 10.1. The van der Waals surface area contributed by atoms with Crippen molar-refractivity contribution in [2.24, 2.45) is 5.92 Å². The lowest BCUT2D eigenvalue weighted by atomic mass is 10.1. The molecule has 100 valence electrons. The number of benzene rings is 1. The second-order valence-corrected chi connectivity index (χ2v) is 6.47. The summed E-state index contributed by atoms with van der Waals surface area (Å²) in [5, 5.41) is 8.89. The Morgan fingerprint density at radius 2 is 2.11 bits per heavy atom. The summed E-state index contributed by atoms with van der Waals surface area (Å²) in [6.45, 7) is 1.07. The van der Waals surface area contributed by atoms with Gasteiger partial charge in [0.1, 0.15) is 4.90 Å². The summed E-state index contributed by atoms with van der Waals surface area (Å²) in [5.41, 5.74) is 6.00. The quantitative estimate of drug-likeness (QED) is 0.787. The average Bonchev–Trinajstić information content (AvgIpc) is 2.79. The second-order valence-electron chi connectivity index (χ2n) is 4.57. The molecule has 0 aromatic heterocycles. The molecule has 1 aromatic carbocycles. The maximum Gasteiger partial charge on any atom is 0.245 e. The van der Waals surface area contributed by atoms with Crippen molar-refractivity contribution in [3.8, 4) is 0 Å². The van der Waals surface area contributed by atoms with Gasteiger partial charge in [-0.05, 0) is 30.9 Å². The maximum atomic E-state index is 12.4. The van der Waals surface area contributed by atoms with E-state index in [-0.39, 0.29) is 23.1 Å². The van der Waals surface area contributed by atoms with E-state index in [4.69, 9.17) is 10.8 Å². The number of rotatable bonds is 4. The van der Waals surface area contributed by atoms with Crippen molar-refractivity contribution >= 4 is 15.7 Å². The largest absolute Gasteiger partial charge is 0.398 e. The molecule has 0 radical (unpaired) electrons. The molecule has 6 heteroatoms. The number of para-hydroxylation sites is 1. The molecule has 1 unspecified atom stereocenters. The van der Waals surface area contributed by atoms with Crippen molar-refractivity contribution < 1.29 is 13.5 Å². The highest BCUT2D eigenvalue weighted by Gasteiger charge is 2.33. The lowest BCUT2D eigenvalue weighted by Crippen LogP contribution is -2.29. The number of sulfonamides is 1. The van der Waals surface area contributed by atoms with Crippen LogP contribution >= 0.6 is 0 Å². The molecule has 1 fully saturated rings. The van der Waals surface area contributed by atoms with Gasteiger partial charge in [-0.15, -0.1) is 0 Å². The zero-order valence-corrected chi connectivity index (χ0v) is 10.9. The molecule has 3 N–H and O–H groups in total. The van der Waals surface area contributed by atoms with E-state index in [0.717, 1.165) is 6.42 Å². The molecule has 1 atom stereocenters. The Morgan fingerprint density at radius 3 is 2.78 bits per heavy atom. The Hall–Kier alpha value is -1.11. The van der Waals surface area contributed by atoms with Crippen molar-refractivity contribution in [3.63, 3.8) is 0 Å². The van der Waals surface area contributed by atoms with Crippen LogP contribution in [-0.4, -0.2) is 37.5 Å². The smallest absolute Gasteiger partial charge is 0.245 e. The van der Waals surface area contributed by atoms with E-state index in [1.165, 1.54) is 10.4 Å². The minimum absolute atomic E-state index is 0.103. The van der Waals surface area contributed by atoms with Crippen LogP contribution in [0.3, 0.4) is 0 Å². The number of nitrogens with two attached hydrogens (primary N) is 1. The highest BCUT2D eigenvalue weighted by Crippen LogP contribution is 2.28. The van der Waals surface area contributed by atoms with E-state index < -0.39 is 10.0 Å². The highest BCUT2D eigenvalue weighted by atomic mass is 32.2. The fourth-order valence-corrected chi connectivity index (χ4v) is 3.94. The van der Waals surface area contributed by atoms with Gasteiger partial charge in [-0.2, -0.15) is 4.31 Å². The third-order valence-corrected chi connectivity index (χ3v) is 5.26. The van der Waals surface area contributed by atoms with E-state index in [0.29, 0.717) is 19.5 Å². The zero-order chi connectivity index (χ0) is 13.2. The van der Waals surface area contributed by atoms with Crippen LogP contribution < -0.4 is 5.73 Å². The van der Waals surface area contributed by atoms with Crippen molar-refractivity contribution in [2.45, 2.75) is 17.7 Å². The van der Waals surface area contributed by atoms with Gasteiger partial charge in [0.05, 0.1) is 5.69 Å². The number of nitrogens with zero attached hydrogens (tertiary/aromatic N) is 1. The molecule has 1 aliphatic rings. The van der Waals surface area contributed by atoms with Crippen molar-refractivity contribution in [3.05, 3.63) is 24.3 Å². The van der Waals surface area contributed by atoms with Crippen LogP contribution in [0.15, 0.2) is 29.2 Å². The van der Waals surface area contributed by atoms with Gasteiger partial charge in [-0.1, -0.05) is 12.1 Å². The molecule has 0 spiro atoms. The molecule has 0 bridgehead atoms. The topological polar surface area (TPSA) is 83.6 Å². The van der Waals surface area contributed by atoms with E-state index in [1.54, 1.807) is 18.2 Å². The summed E-state index contributed by atoms with van der Waals surface area (Å²) in [6.07, 6.45) is 1.45. The first-order valence-electron chi connectivity index (χ1n) is 6.01. The van der Waals surface area contributed by atoms with Crippen molar-refractivity contribution in [1.82, 2.24) is 4.31 Å². The predicted octanol–water partition coefficient (Wildman–Crippen LogP) is 0.662. The Morgan fingerprint density at radius 1 is 1.39 bits per heavy atom. The molecule has 1 aromatic rings. The van der Waals surface area contributed by atoms with Gasteiger partial charge in [0, 0.05) is 19.7 Å². The first kappa shape index (κ1) is 13.3.